The molecule has 12 nitrogen and oxygen atoms in total. The van der Waals surface area contributed by atoms with Crippen molar-refractivity contribution < 1.29 is 18.4 Å². The van der Waals surface area contributed by atoms with Gasteiger partial charge in [-0.25, -0.2) is 18.7 Å². The topological polar surface area (TPSA) is 150 Å². The van der Waals surface area contributed by atoms with E-state index in [9.17, 15) is 18.4 Å². The molecule has 2 fully saturated rings. The van der Waals surface area contributed by atoms with Gasteiger partial charge in [-0.2, -0.15) is 10.4 Å². The molecule has 1 aliphatic carbocycles. The van der Waals surface area contributed by atoms with Crippen molar-refractivity contribution in [3.05, 3.63) is 59.8 Å². The number of carbonyl (C=O) groups excluding carboxylic acids is 2. The van der Waals surface area contributed by atoms with Crippen LogP contribution in [0.25, 0.3) is 16.9 Å². The smallest absolute Gasteiger partial charge is 0.282 e. The number of amides is 2. The normalized spacial score (nSPS) is 18.4. The van der Waals surface area contributed by atoms with Crippen LogP contribution in [0.15, 0.2) is 43.0 Å². The van der Waals surface area contributed by atoms with E-state index >= 15 is 0 Å². The van der Waals surface area contributed by atoms with E-state index in [2.05, 4.69) is 20.4 Å². The first-order chi connectivity index (χ1) is 21.3. The van der Waals surface area contributed by atoms with Gasteiger partial charge in [0.15, 0.2) is 11.5 Å². The third-order valence-electron chi connectivity index (χ3n) is 8.32. The van der Waals surface area contributed by atoms with Crippen LogP contribution in [0.4, 0.5) is 20.3 Å². The number of hydrogen-bond donors (Lipinski definition) is 2. The van der Waals surface area contributed by atoms with Crippen molar-refractivity contribution in [1.29, 1.82) is 5.26 Å². The molecule has 1 saturated carbocycles. The fourth-order valence-corrected chi connectivity index (χ4v) is 5.89. The standard InChI is InChI=1S/C30H32F2N10O2/c1-2-18-15-21(3-4-22(18)30(44)40-11-9-39(10-12-40)29(43)19-13-20(34)14-19)37-27-28-36-16-24(42(28)8-6-35-27)23-17-41(7-5-33)38-25(23)26(31)32/h3-4,6,8,15-17,19-20,26H,2,7,9-14,34H2,1H3,(H,35,37). The molecule has 4 heterocycles. The van der Waals surface area contributed by atoms with Crippen molar-refractivity contribution in [3.63, 3.8) is 0 Å². The lowest BCUT2D eigenvalue weighted by molar-refractivity contribution is -0.140. The first kappa shape index (κ1) is 29.2. The Balaban J connectivity index is 1.19. The lowest BCUT2D eigenvalue weighted by atomic mass is 9.80. The number of halogens is 2. The average Bonchev–Trinajstić information content (AvgIpc) is 3.64. The molecule has 2 aliphatic rings. The highest BCUT2D eigenvalue weighted by molar-refractivity contribution is 5.96. The Labute approximate surface area is 252 Å². The van der Waals surface area contributed by atoms with Crippen molar-refractivity contribution in [2.45, 2.75) is 45.2 Å². The van der Waals surface area contributed by atoms with E-state index < -0.39 is 12.1 Å². The van der Waals surface area contributed by atoms with Gasteiger partial charge in [0.1, 0.15) is 12.2 Å². The number of nitrogens with zero attached hydrogens (tertiary/aromatic N) is 8. The number of fused-ring (bicyclic) bond motifs is 1. The Morgan fingerprint density at radius 2 is 1.91 bits per heavy atom. The fourth-order valence-electron chi connectivity index (χ4n) is 5.89. The van der Waals surface area contributed by atoms with E-state index in [-0.39, 0.29) is 35.9 Å². The van der Waals surface area contributed by atoms with Crippen LogP contribution in [-0.4, -0.2) is 78.0 Å². The maximum atomic E-state index is 13.8. The van der Waals surface area contributed by atoms with E-state index in [1.54, 1.807) is 27.6 Å². The summed E-state index contributed by atoms with van der Waals surface area (Å²) in [7, 11) is 0. The Bertz CT molecular complexity index is 1750. The van der Waals surface area contributed by atoms with Crippen molar-refractivity contribution in [1.82, 2.24) is 33.9 Å². The Morgan fingerprint density at radius 3 is 2.59 bits per heavy atom. The number of hydrogen-bond acceptors (Lipinski definition) is 8. The Hall–Kier alpha value is -4.90. The average molecular weight is 603 g/mol. The number of nitrogens with one attached hydrogen (secondary N) is 1. The highest BCUT2D eigenvalue weighted by Crippen LogP contribution is 2.32. The van der Waals surface area contributed by atoms with Crippen LogP contribution in [0.1, 0.15) is 47.8 Å². The van der Waals surface area contributed by atoms with E-state index in [0.717, 1.165) is 18.4 Å². The summed E-state index contributed by atoms with van der Waals surface area (Å²) in [5, 5.41) is 16.1. The summed E-state index contributed by atoms with van der Waals surface area (Å²) in [5.74, 6) is 0.476. The van der Waals surface area contributed by atoms with Gasteiger partial charge in [-0.15, -0.1) is 0 Å². The van der Waals surface area contributed by atoms with Crippen LogP contribution in [-0.2, 0) is 17.8 Å². The number of imidazole rings is 1. The zero-order valence-corrected chi connectivity index (χ0v) is 24.2. The molecule has 3 aromatic heterocycles. The van der Waals surface area contributed by atoms with Gasteiger partial charge in [-0.3, -0.25) is 18.7 Å². The molecule has 1 aromatic carbocycles. The van der Waals surface area contributed by atoms with E-state index in [1.165, 1.54) is 23.3 Å². The minimum Gasteiger partial charge on any atom is -0.339 e. The lowest BCUT2D eigenvalue weighted by Crippen LogP contribution is -2.54. The van der Waals surface area contributed by atoms with E-state index in [0.29, 0.717) is 61.0 Å². The SMILES string of the molecule is CCc1cc(Nc2nccn3c(-c4cn(CC#N)nc4C(F)F)cnc23)ccc1C(=O)N1CCN(C(=O)C2CC(N)C2)CC1. The predicted octanol–water partition coefficient (Wildman–Crippen LogP) is 3.38. The summed E-state index contributed by atoms with van der Waals surface area (Å²) in [6.45, 7) is 3.79. The van der Waals surface area contributed by atoms with Crippen molar-refractivity contribution in [2.24, 2.45) is 11.7 Å². The number of nitrogens with two attached hydrogens (primary N) is 1. The Morgan fingerprint density at radius 1 is 1.16 bits per heavy atom. The maximum absolute atomic E-state index is 13.8. The third-order valence-corrected chi connectivity index (χ3v) is 8.32. The predicted molar refractivity (Wildman–Crippen MR) is 157 cm³/mol. The highest BCUT2D eigenvalue weighted by Gasteiger charge is 2.36. The number of aryl methyl sites for hydroxylation is 1. The second-order valence-corrected chi connectivity index (χ2v) is 11.1. The number of aromatic nitrogens is 5. The van der Waals surface area contributed by atoms with Crippen molar-refractivity contribution in [3.8, 4) is 17.3 Å². The fraction of sp³-hybridized carbons (Fsp3) is 0.400. The van der Waals surface area contributed by atoms with Gasteiger partial charge < -0.3 is 20.9 Å². The number of alkyl halides is 2. The van der Waals surface area contributed by atoms with Gasteiger partial charge in [-0.1, -0.05) is 6.92 Å². The largest absolute Gasteiger partial charge is 0.339 e. The summed E-state index contributed by atoms with van der Waals surface area (Å²) >= 11 is 0. The molecule has 0 atom stereocenters. The number of carbonyl (C=O) groups is 2. The first-order valence-corrected chi connectivity index (χ1v) is 14.6. The molecule has 0 bridgehead atoms. The molecule has 6 rings (SSSR count). The molecule has 4 aromatic rings. The van der Waals surface area contributed by atoms with Gasteiger partial charge in [0.2, 0.25) is 5.91 Å². The van der Waals surface area contributed by atoms with Crippen LogP contribution in [0.2, 0.25) is 0 Å². The Kier molecular flexibility index (Phi) is 7.96. The van der Waals surface area contributed by atoms with Gasteiger partial charge in [-0.05, 0) is 43.0 Å². The molecule has 1 saturated heterocycles. The quantitative estimate of drug-likeness (QED) is 0.312. The minimum atomic E-state index is -2.83. The zero-order chi connectivity index (χ0) is 31.0. The number of anilines is 2. The molecule has 3 N–H and O–H groups in total. The number of benzene rings is 1. The van der Waals surface area contributed by atoms with Crippen LogP contribution >= 0.6 is 0 Å². The monoisotopic (exact) mass is 602 g/mol. The van der Waals surface area contributed by atoms with Crippen molar-refractivity contribution in [2.75, 3.05) is 31.5 Å². The van der Waals surface area contributed by atoms with Crippen molar-refractivity contribution >= 4 is 29.0 Å². The summed E-state index contributed by atoms with van der Waals surface area (Å²) in [4.78, 5) is 38.7. The molecule has 0 radical (unpaired) electrons. The second-order valence-electron chi connectivity index (χ2n) is 11.1. The maximum Gasteiger partial charge on any atom is 0.282 e. The molecule has 14 heteroatoms. The van der Waals surface area contributed by atoms with E-state index in [1.807, 2.05) is 24.0 Å². The summed E-state index contributed by atoms with van der Waals surface area (Å²) < 4.78 is 30.3. The van der Waals surface area contributed by atoms with E-state index in [4.69, 9.17) is 11.0 Å². The number of piperazine rings is 1. The third kappa shape index (κ3) is 5.46. The van der Waals surface area contributed by atoms with Gasteiger partial charge in [0.25, 0.3) is 12.3 Å². The molecular weight excluding hydrogens is 570 g/mol. The minimum absolute atomic E-state index is 0.0106. The highest BCUT2D eigenvalue weighted by atomic mass is 19.3. The van der Waals surface area contributed by atoms with Crippen LogP contribution in [0, 0.1) is 17.2 Å². The second kappa shape index (κ2) is 12.0. The molecule has 0 spiro atoms. The summed E-state index contributed by atoms with van der Waals surface area (Å²) in [6, 6.07) is 7.49. The first-order valence-electron chi connectivity index (χ1n) is 14.6. The molecule has 228 valence electrons. The molecule has 0 unspecified atom stereocenters. The number of nitriles is 1. The molecule has 2 amide bonds. The van der Waals surface area contributed by atoms with Gasteiger partial charge >= 0.3 is 0 Å². The zero-order valence-electron chi connectivity index (χ0n) is 24.2. The summed E-state index contributed by atoms with van der Waals surface area (Å²) in [5.41, 5.74) is 8.52. The number of rotatable bonds is 8. The summed E-state index contributed by atoms with van der Waals surface area (Å²) in [6.07, 6.45) is 5.28. The van der Waals surface area contributed by atoms with Gasteiger partial charge in [0.05, 0.1) is 18.0 Å². The molecule has 44 heavy (non-hydrogen) atoms. The van der Waals surface area contributed by atoms with Crippen LogP contribution < -0.4 is 11.1 Å². The van der Waals surface area contributed by atoms with Crippen LogP contribution in [0.5, 0.6) is 0 Å². The van der Waals surface area contributed by atoms with Crippen LogP contribution in [0.3, 0.4) is 0 Å². The molecular formula is C30H32F2N10O2. The lowest BCUT2D eigenvalue weighted by Gasteiger charge is -2.40. The molecule has 1 aliphatic heterocycles. The van der Waals surface area contributed by atoms with Gasteiger partial charge in [0, 0.05) is 73.5 Å².